The fraction of sp³-hybridized carbons (Fsp3) is 0.444. The highest BCUT2D eigenvalue weighted by atomic mass is 16.6. The van der Waals surface area contributed by atoms with Crippen molar-refractivity contribution in [2.75, 3.05) is 13.2 Å². The first-order chi connectivity index (χ1) is 20.4. The topological polar surface area (TPSA) is 65.1 Å². The number of ether oxygens (including phenoxy) is 3. The van der Waals surface area contributed by atoms with E-state index in [0.717, 1.165) is 35.5 Å². The summed E-state index contributed by atoms with van der Waals surface area (Å²) in [5.41, 5.74) is 3.50. The Hall–Kier alpha value is -3.80. The van der Waals surface area contributed by atoms with Gasteiger partial charge < -0.3 is 14.2 Å². The predicted molar refractivity (Wildman–Crippen MR) is 167 cm³/mol. The van der Waals surface area contributed by atoms with E-state index in [0.29, 0.717) is 30.4 Å². The zero-order chi connectivity index (χ0) is 29.7. The molecule has 1 aliphatic heterocycles. The number of rotatable bonds is 16. The third-order valence-corrected chi connectivity index (χ3v) is 7.84. The molecule has 1 fully saturated rings. The second-order valence-electron chi connectivity index (χ2n) is 11.5. The van der Waals surface area contributed by atoms with E-state index in [1.807, 2.05) is 36.4 Å². The molecule has 0 radical (unpaired) electrons. The standard InChI is InChI=1S/C36H45NO5/c1-4-5-6-7-8-9-10-11-24-40-32-20-16-29(17-21-32)30-18-22-33(23-19-30)42-35(38)31-14-12-28(13-15-31)25-37-34(27(2)3)26-41-36(37)39/h12-23,27,34H,4-11,24-26H2,1-3H3/t34-/m1/s1. The maximum atomic E-state index is 12.7. The van der Waals surface area contributed by atoms with Gasteiger partial charge in [0.15, 0.2) is 0 Å². The Bertz CT molecular complexity index is 1250. The van der Waals surface area contributed by atoms with Crippen LogP contribution in [-0.2, 0) is 11.3 Å². The van der Waals surface area contributed by atoms with Gasteiger partial charge in [0, 0.05) is 6.54 Å². The van der Waals surface area contributed by atoms with Crippen LogP contribution in [0.2, 0.25) is 0 Å². The SMILES string of the molecule is CCCCCCCCCCOc1ccc(-c2ccc(OC(=O)c3ccc(CN4C(=O)OC[C@@H]4C(C)C)cc3)cc2)cc1. The van der Waals surface area contributed by atoms with Crippen molar-refractivity contribution >= 4 is 12.1 Å². The molecule has 6 heteroatoms. The lowest BCUT2D eigenvalue weighted by Crippen LogP contribution is -2.36. The first kappa shape index (κ1) is 31.1. The van der Waals surface area contributed by atoms with E-state index in [2.05, 4.69) is 32.9 Å². The number of hydrogen-bond acceptors (Lipinski definition) is 5. The van der Waals surface area contributed by atoms with Crippen LogP contribution in [0.4, 0.5) is 4.79 Å². The highest BCUT2D eigenvalue weighted by Crippen LogP contribution is 2.26. The lowest BCUT2D eigenvalue weighted by molar-refractivity contribution is 0.0734. The lowest BCUT2D eigenvalue weighted by Gasteiger charge is -2.24. The van der Waals surface area contributed by atoms with Gasteiger partial charge in [-0.05, 0) is 65.4 Å². The normalized spacial score (nSPS) is 14.7. The molecule has 4 rings (SSSR count). The van der Waals surface area contributed by atoms with Crippen LogP contribution in [0.3, 0.4) is 0 Å². The molecule has 42 heavy (non-hydrogen) atoms. The van der Waals surface area contributed by atoms with Crippen molar-refractivity contribution < 1.29 is 23.8 Å². The molecule has 1 heterocycles. The third kappa shape index (κ3) is 9.10. The van der Waals surface area contributed by atoms with Crippen molar-refractivity contribution in [3.8, 4) is 22.6 Å². The van der Waals surface area contributed by atoms with Crippen LogP contribution in [0.5, 0.6) is 11.5 Å². The van der Waals surface area contributed by atoms with Crippen LogP contribution in [0.25, 0.3) is 11.1 Å². The van der Waals surface area contributed by atoms with E-state index in [1.165, 1.54) is 44.9 Å². The maximum Gasteiger partial charge on any atom is 0.410 e. The number of benzene rings is 3. The van der Waals surface area contributed by atoms with E-state index < -0.39 is 5.97 Å². The Morgan fingerprint density at radius 1 is 0.810 bits per heavy atom. The first-order valence-electron chi connectivity index (χ1n) is 15.5. The molecule has 0 N–H and O–H groups in total. The molecule has 1 atom stereocenters. The van der Waals surface area contributed by atoms with Gasteiger partial charge in [-0.3, -0.25) is 4.90 Å². The van der Waals surface area contributed by atoms with Gasteiger partial charge >= 0.3 is 12.1 Å². The average molecular weight is 572 g/mol. The summed E-state index contributed by atoms with van der Waals surface area (Å²) in [6, 6.07) is 22.8. The fourth-order valence-electron chi connectivity index (χ4n) is 5.19. The molecule has 0 aliphatic carbocycles. The van der Waals surface area contributed by atoms with E-state index in [4.69, 9.17) is 14.2 Å². The smallest absolute Gasteiger partial charge is 0.410 e. The highest BCUT2D eigenvalue weighted by Gasteiger charge is 2.34. The minimum absolute atomic E-state index is 0.0564. The van der Waals surface area contributed by atoms with Crippen LogP contribution in [-0.4, -0.2) is 36.2 Å². The van der Waals surface area contributed by atoms with Crippen molar-refractivity contribution in [3.05, 3.63) is 83.9 Å². The minimum Gasteiger partial charge on any atom is -0.494 e. The number of amides is 1. The van der Waals surface area contributed by atoms with Gasteiger partial charge in [0.2, 0.25) is 0 Å². The molecule has 0 unspecified atom stereocenters. The number of unbranched alkanes of at least 4 members (excludes halogenated alkanes) is 7. The molecule has 1 saturated heterocycles. The summed E-state index contributed by atoms with van der Waals surface area (Å²) in [4.78, 5) is 26.6. The molecule has 0 bridgehead atoms. The maximum absolute atomic E-state index is 12.7. The van der Waals surface area contributed by atoms with Crippen molar-refractivity contribution in [3.63, 3.8) is 0 Å². The van der Waals surface area contributed by atoms with Gasteiger partial charge in [-0.1, -0.05) is 102 Å². The van der Waals surface area contributed by atoms with Crippen LogP contribution in [0.1, 0.15) is 88.1 Å². The van der Waals surface area contributed by atoms with Crippen LogP contribution < -0.4 is 9.47 Å². The summed E-state index contributed by atoms with van der Waals surface area (Å²) in [5.74, 6) is 1.25. The van der Waals surface area contributed by atoms with E-state index in [-0.39, 0.29) is 12.1 Å². The zero-order valence-electron chi connectivity index (χ0n) is 25.3. The number of cyclic esters (lactones) is 1. The van der Waals surface area contributed by atoms with Crippen molar-refractivity contribution in [2.45, 2.75) is 84.7 Å². The van der Waals surface area contributed by atoms with Gasteiger partial charge in [0.25, 0.3) is 0 Å². The number of nitrogens with zero attached hydrogens (tertiary/aromatic N) is 1. The molecule has 0 saturated carbocycles. The zero-order valence-corrected chi connectivity index (χ0v) is 25.3. The second-order valence-corrected chi connectivity index (χ2v) is 11.5. The van der Waals surface area contributed by atoms with Crippen LogP contribution in [0.15, 0.2) is 72.8 Å². The first-order valence-corrected chi connectivity index (χ1v) is 15.5. The Morgan fingerprint density at radius 2 is 1.38 bits per heavy atom. The number of esters is 1. The Morgan fingerprint density at radius 3 is 1.98 bits per heavy atom. The summed E-state index contributed by atoms with van der Waals surface area (Å²) in [6.07, 6.45) is 10.0. The van der Waals surface area contributed by atoms with Gasteiger partial charge in [-0.2, -0.15) is 0 Å². The molecule has 0 spiro atoms. The predicted octanol–water partition coefficient (Wildman–Crippen LogP) is 9.07. The van der Waals surface area contributed by atoms with Crippen molar-refractivity contribution in [1.82, 2.24) is 4.90 Å². The van der Waals surface area contributed by atoms with Crippen molar-refractivity contribution in [1.29, 1.82) is 0 Å². The summed E-state index contributed by atoms with van der Waals surface area (Å²) >= 11 is 0. The molecular formula is C36H45NO5. The van der Waals surface area contributed by atoms with Crippen molar-refractivity contribution in [2.24, 2.45) is 5.92 Å². The monoisotopic (exact) mass is 571 g/mol. The van der Waals surface area contributed by atoms with Gasteiger partial charge in [-0.25, -0.2) is 9.59 Å². The summed E-state index contributed by atoms with van der Waals surface area (Å²) in [6.45, 7) is 8.03. The number of hydrogen-bond donors (Lipinski definition) is 0. The minimum atomic E-state index is -0.423. The average Bonchev–Trinajstić information content (AvgIpc) is 3.37. The summed E-state index contributed by atoms with van der Waals surface area (Å²) in [7, 11) is 0. The molecule has 3 aromatic rings. The van der Waals surface area contributed by atoms with Crippen LogP contribution in [0, 0.1) is 5.92 Å². The lowest BCUT2D eigenvalue weighted by atomic mass is 10.0. The quantitative estimate of drug-likeness (QED) is 0.0975. The summed E-state index contributed by atoms with van der Waals surface area (Å²) < 4.78 is 16.8. The van der Waals surface area contributed by atoms with Gasteiger partial charge in [0.1, 0.15) is 18.1 Å². The molecule has 1 aliphatic rings. The van der Waals surface area contributed by atoms with Gasteiger partial charge in [-0.15, -0.1) is 0 Å². The van der Waals surface area contributed by atoms with E-state index >= 15 is 0 Å². The Labute approximate surface area is 251 Å². The second kappa shape index (κ2) is 16.0. The Kier molecular flexibility index (Phi) is 11.9. The van der Waals surface area contributed by atoms with E-state index in [1.54, 1.807) is 29.2 Å². The van der Waals surface area contributed by atoms with Crippen LogP contribution >= 0.6 is 0 Å². The largest absolute Gasteiger partial charge is 0.494 e. The third-order valence-electron chi connectivity index (χ3n) is 7.84. The fourth-order valence-corrected chi connectivity index (χ4v) is 5.19. The number of carbonyl (C=O) groups is 2. The molecule has 1 amide bonds. The Balaban J connectivity index is 1.21. The van der Waals surface area contributed by atoms with Gasteiger partial charge in [0.05, 0.1) is 18.2 Å². The summed E-state index contributed by atoms with van der Waals surface area (Å²) in [5, 5.41) is 0. The highest BCUT2D eigenvalue weighted by molar-refractivity contribution is 5.91. The van der Waals surface area contributed by atoms with E-state index in [9.17, 15) is 9.59 Å². The molecule has 0 aromatic heterocycles. The molecule has 3 aromatic carbocycles. The molecule has 224 valence electrons. The molecular weight excluding hydrogens is 526 g/mol. The molecule has 6 nitrogen and oxygen atoms in total. The number of carbonyl (C=O) groups excluding carboxylic acids is 2.